The molecule has 4 heteroatoms. The zero-order chi connectivity index (χ0) is 14.7. The minimum Gasteiger partial charge on any atom is -0.495 e. The Morgan fingerprint density at radius 2 is 1.90 bits per heavy atom. The van der Waals surface area contributed by atoms with Crippen molar-refractivity contribution in [1.82, 2.24) is 15.3 Å². The van der Waals surface area contributed by atoms with E-state index in [0.29, 0.717) is 0 Å². The van der Waals surface area contributed by atoms with Gasteiger partial charge in [-0.1, -0.05) is 24.3 Å². The molecule has 0 amide bonds. The molecule has 0 bridgehead atoms. The molecule has 1 unspecified atom stereocenters. The molecule has 0 saturated heterocycles. The molecule has 4 nitrogen and oxygen atoms in total. The van der Waals surface area contributed by atoms with E-state index in [1.54, 1.807) is 13.3 Å². The van der Waals surface area contributed by atoms with E-state index >= 15 is 0 Å². The molecule has 3 rings (SSSR count). The van der Waals surface area contributed by atoms with Crippen LogP contribution in [0, 0.1) is 0 Å². The van der Waals surface area contributed by atoms with Gasteiger partial charge in [-0.25, -0.2) is 0 Å². The Bertz CT molecular complexity index is 758. The summed E-state index contributed by atoms with van der Waals surface area (Å²) < 4.78 is 5.41. The third-order valence-corrected chi connectivity index (χ3v) is 3.50. The number of pyridine rings is 2. The fourth-order valence-electron chi connectivity index (χ4n) is 2.46. The van der Waals surface area contributed by atoms with Crippen LogP contribution in [0.2, 0.25) is 0 Å². The van der Waals surface area contributed by atoms with Gasteiger partial charge in [0.05, 0.1) is 24.4 Å². The first-order chi connectivity index (χ1) is 10.3. The molecule has 0 fully saturated rings. The Hall–Kier alpha value is -2.46. The molecule has 0 saturated carbocycles. The van der Waals surface area contributed by atoms with Gasteiger partial charge < -0.3 is 10.1 Å². The third-order valence-electron chi connectivity index (χ3n) is 3.50. The summed E-state index contributed by atoms with van der Waals surface area (Å²) in [5, 5.41) is 4.40. The number of hydrogen-bond acceptors (Lipinski definition) is 4. The normalized spacial score (nSPS) is 12.3. The van der Waals surface area contributed by atoms with Crippen molar-refractivity contribution in [3.63, 3.8) is 0 Å². The lowest BCUT2D eigenvalue weighted by atomic mass is 10.1. The molecule has 1 atom stereocenters. The zero-order valence-electron chi connectivity index (χ0n) is 12.1. The Kier molecular flexibility index (Phi) is 3.79. The monoisotopic (exact) mass is 279 g/mol. The quantitative estimate of drug-likeness (QED) is 0.797. The van der Waals surface area contributed by atoms with Gasteiger partial charge >= 0.3 is 0 Å². The van der Waals surface area contributed by atoms with Crippen molar-refractivity contribution in [2.75, 3.05) is 14.2 Å². The van der Waals surface area contributed by atoms with Gasteiger partial charge in [-0.2, -0.15) is 0 Å². The van der Waals surface area contributed by atoms with Crippen LogP contribution in [0.15, 0.2) is 54.7 Å². The highest BCUT2D eigenvalue weighted by Gasteiger charge is 2.19. The molecular formula is C17H17N3O. The average Bonchev–Trinajstić information content (AvgIpc) is 2.56. The largest absolute Gasteiger partial charge is 0.495 e. The lowest BCUT2D eigenvalue weighted by molar-refractivity contribution is 0.401. The van der Waals surface area contributed by atoms with Crippen molar-refractivity contribution in [1.29, 1.82) is 0 Å². The van der Waals surface area contributed by atoms with Gasteiger partial charge in [-0.15, -0.1) is 0 Å². The Labute approximate surface area is 123 Å². The molecule has 2 aromatic heterocycles. The van der Waals surface area contributed by atoms with Gasteiger partial charge in [0.1, 0.15) is 11.4 Å². The molecule has 0 spiro atoms. The van der Waals surface area contributed by atoms with Crippen molar-refractivity contribution in [2.45, 2.75) is 6.04 Å². The highest BCUT2D eigenvalue weighted by Crippen LogP contribution is 2.27. The molecule has 0 aliphatic heterocycles. The summed E-state index contributed by atoms with van der Waals surface area (Å²) in [6.45, 7) is 0. The Morgan fingerprint density at radius 3 is 2.71 bits per heavy atom. The van der Waals surface area contributed by atoms with E-state index in [4.69, 9.17) is 9.72 Å². The maximum absolute atomic E-state index is 5.41. The summed E-state index contributed by atoms with van der Waals surface area (Å²) in [7, 11) is 3.55. The van der Waals surface area contributed by atoms with Crippen LogP contribution < -0.4 is 10.1 Å². The SMILES string of the molecule is CNC(c1ccc2ccccc2n1)c1ncccc1OC. The van der Waals surface area contributed by atoms with Crippen LogP contribution in [0.5, 0.6) is 5.75 Å². The van der Waals surface area contributed by atoms with E-state index in [-0.39, 0.29) is 6.04 Å². The lowest BCUT2D eigenvalue weighted by Gasteiger charge is -2.18. The maximum atomic E-state index is 5.41. The molecule has 21 heavy (non-hydrogen) atoms. The predicted molar refractivity (Wildman–Crippen MR) is 83.4 cm³/mol. The average molecular weight is 279 g/mol. The number of nitrogens with one attached hydrogen (secondary N) is 1. The van der Waals surface area contributed by atoms with Crippen molar-refractivity contribution in [3.8, 4) is 5.75 Å². The maximum Gasteiger partial charge on any atom is 0.142 e. The zero-order valence-corrected chi connectivity index (χ0v) is 12.1. The molecular weight excluding hydrogens is 262 g/mol. The number of hydrogen-bond donors (Lipinski definition) is 1. The summed E-state index contributed by atoms with van der Waals surface area (Å²) in [5.74, 6) is 0.756. The summed E-state index contributed by atoms with van der Waals surface area (Å²) >= 11 is 0. The predicted octanol–water partition coefficient (Wildman–Crippen LogP) is 2.95. The number of ether oxygens (including phenoxy) is 1. The van der Waals surface area contributed by atoms with E-state index in [1.165, 1.54) is 0 Å². The molecule has 1 N–H and O–H groups in total. The number of rotatable bonds is 4. The van der Waals surface area contributed by atoms with Crippen LogP contribution in [-0.2, 0) is 0 Å². The van der Waals surface area contributed by atoms with Gasteiger partial charge in [-0.3, -0.25) is 9.97 Å². The second kappa shape index (κ2) is 5.89. The van der Waals surface area contributed by atoms with E-state index in [0.717, 1.165) is 28.0 Å². The van der Waals surface area contributed by atoms with Crippen LogP contribution in [0.1, 0.15) is 17.4 Å². The van der Waals surface area contributed by atoms with Crippen molar-refractivity contribution >= 4 is 10.9 Å². The number of nitrogens with zero attached hydrogens (tertiary/aromatic N) is 2. The van der Waals surface area contributed by atoms with Crippen LogP contribution in [0.3, 0.4) is 0 Å². The van der Waals surface area contributed by atoms with Gasteiger partial charge in [0.15, 0.2) is 0 Å². The van der Waals surface area contributed by atoms with E-state index < -0.39 is 0 Å². The molecule has 106 valence electrons. The second-order valence-corrected chi connectivity index (χ2v) is 4.74. The number of methoxy groups -OCH3 is 1. The third kappa shape index (κ3) is 2.58. The van der Waals surface area contributed by atoms with E-state index in [1.807, 2.05) is 43.4 Å². The molecule has 2 heterocycles. The van der Waals surface area contributed by atoms with Gasteiger partial charge in [-0.05, 0) is 31.3 Å². The molecule has 1 aromatic carbocycles. The number of fused-ring (bicyclic) bond motifs is 1. The lowest BCUT2D eigenvalue weighted by Crippen LogP contribution is -2.20. The van der Waals surface area contributed by atoms with Gasteiger partial charge in [0.25, 0.3) is 0 Å². The molecule has 0 aliphatic rings. The number of aromatic nitrogens is 2. The molecule has 0 radical (unpaired) electrons. The number of benzene rings is 1. The van der Waals surface area contributed by atoms with E-state index in [2.05, 4.69) is 22.4 Å². The standard InChI is InChI=1S/C17H17N3O/c1-18-16(17-15(21-2)8-5-11-19-17)14-10-9-12-6-3-4-7-13(12)20-14/h3-11,16,18H,1-2H3. The van der Waals surface area contributed by atoms with Gasteiger partial charge in [0.2, 0.25) is 0 Å². The topological polar surface area (TPSA) is 47.0 Å². The van der Waals surface area contributed by atoms with Crippen molar-refractivity contribution in [2.24, 2.45) is 0 Å². The Balaban J connectivity index is 2.09. The minimum atomic E-state index is -0.106. The minimum absolute atomic E-state index is 0.106. The highest BCUT2D eigenvalue weighted by atomic mass is 16.5. The molecule has 3 aromatic rings. The summed E-state index contributed by atoms with van der Waals surface area (Å²) in [5.41, 5.74) is 2.74. The fraction of sp³-hybridized carbons (Fsp3) is 0.176. The molecule has 0 aliphatic carbocycles. The van der Waals surface area contributed by atoms with Crippen LogP contribution >= 0.6 is 0 Å². The fourth-order valence-corrected chi connectivity index (χ4v) is 2.46. The van der Waals surface area contributed by atoms with Crippen LogP contribution in [-0.4, -0.2) is 24.1 Å². The highest BCUT2D eigenvalue weighted by molar-refractivity contribution is 5.78. The van der Waals surface area contributed by atoms with E-state index in [9.17, 15) is 0 Å². The first-order valence-electron chi connectivity index (χ1n) is 6.85. The van der Waals surface area contributed by atoms with Crippen LogP contribution in [0.25, 0.3) is 10.9 Å². The number of para-hydroxylation sites is 1. The Morgan fingerprint density at radius 1 is 1.05 bits per heavy atom. The van der Waals surface area contributed by atoms with Crippen LogP contribution in [0.4, 0.5) is 0 Å². The van der Waals surface area contributed by atoms with Crippen molar-refractivity contribution < 1.29 is 4.74 Å². The summed E-state index contributed by atoms with van der Waals surface area (Å²) in [6, 6.07) is 15.9. The van der Waals surface area contributed by atoms with Crippen molar-refractivity contribution in [3.05, 3.63) is 66.1 Å². The first-order valence-corrected chi connectivity index (χ1v) is 6.85. The summed E-state index contributed by atoms with van der Waals surface area (Å²) in [4.78, 5) is 9.19. The summed E-state index contributed by atoms with van der Waals surface area (Å²) in [6.07, 6.45) is 1.77. The first kappa shape index (κ1) is 13.5. The van der Waals surface area contributed by atoms with Gasteiger partial charge in [0, 0.05) is 11.6 Å². The second-order valence-electron chi connectivity index (χ2n) is 4.74. The smallest absolute Gasteiger partial charge is 0.142 e.